The number of hydrogen-bond donors (Lipinski definition) is 4. The third-order valence-electron chi connectivity index (χ3n) is 3.36. The molecule has 1 aromatic carbocycles. The largest absolute Gasteiger partial charge is 0.478 e. The highest BCUT2D eigenvalue weighted by atomic mass is 16.5. The summed E-state index contributed by atoms with van der Waals surface area (Å²) in [7, 11) is 0. The number of hydrogen-bond acceptors (Lipinski definition) is 6. The average molecular weight is 346 g/mol. The molecule has 9 heteroatoms. The van der Waals surface area contributed by atoms with E-state index in [1.165, 1.54) is 24.3 Å². The molecule has 1 aromatic heterocycles. The minimum absolute atomic E-state index is 0.0578. The second kappa shape index (κ2) is 6.87. The van der Waals surface area contributed by atoms with Gasteiger partial charge in [-0.25, -0.2) is 14.4 Å². The molecule has 0 aliphatic rings. The van der Waals surface area contributed by atoms with Gasteiger partial charge in [-0.3, -0.25) is 4.79 Å². The predicted octanol–water partition coefficient (Wildman–Crippen LogP) is 1.20. The summed E-state index contributed by atoms with van der Waals surface area (Å²) in [5.41, 5.74) is 2.43. The van der Waals surface area contributed by atoms with Gasteiger partial charge in [-0.1, -0.05) is 18.2 Å². The average Bonchev–Trinajstić information content (AvgIpc) is 2.53. The summed E-state index contributed by atoms with van der Waals surface area (Å²) in [6.07, 6.45) is 0. The Hall–Kier alpha value is -3.62. The number of anilines is 1. The Balaban J connectivity index is 2.97. The molecule has 25 heavy (non-hydrogen) atoms. The smallest absolute Gasteiger partial charge is 0.342 e. The number of rotatable bonds is 5. The molecule has 9 nitrogen and oxygen atoms in total. The van der Waals surface area contributed by atoms with Crippen molar-refractivity contribution in [2.45, 2.75) is 6.92 Å². The van der Waals surface area contributed by atoms with Gasteiger partial charge in [0, 0.05) is 5.56 Å². The second-order valence-corrected chi connectivity index (χ2v) is 4.87. The van der Waals surface area contributed by atoms with Crippen LogP contribution in [0.2, 0.25) is 0 Å². The maximum absolute atomic E-state index is 12.1. The first-order chi connectivity index (χ1) is 11.8. The SMILES string of the molecule is CCOC(=O)c1ccccc1-c1c(C(=O)O)c(N)[nH]c(=O)c1C(=O)O. The van der Waals surface area contributed by atoms with Gasteiger partial charge in [-0.2, -0.15) is 0 Å². The van der Waals surface area contributed by atoms with E-state index in [-0.39, 0.29) is 17.7 Å². The number of nitrogens with one attached hydrogen (secondary N) is 1. The van der Waals surface area contributed by atoms with Crippen molar-refractivity contribution in [3.05, 3.63) is 51.3 Å². The van der Waals surface area contributed by atoms with E-state index in [2.05, 4.69) is 0 Å². The van der Waals surface area contributed by atoms with Crippen molar-refractivity contribution in [1.82, 2.24) is 4.98 Å². The van der Waals surface area contributed by atoms with Gasteiger partial charge in [0.15, 0.2) is 0 Å². The number of aromatic nitrogens is 1. The van der Waals surface area contributed by atoms with Crippen LogP contribution in [0.25, 0.3) is 11.1 Å². The molecule has 0 radical (unpaired) electrons. The van der Waals surface area contributed by atoms with Crippen LogP contribution >= 0.6 is 0 Å². The van der Waals surface area contributed by atoms with Gasteiger partial charge in [0.2, 0.25) is 0 Å². The number of aromatic carboxylic acids is 2. The predicted molar refractivity (Wildman–Crippen MR) is 86.8 cm³/mol. The fourth-order valence-corrected chi connectivity index (χ4v) is 2.40. The van der Waals surface area contributed by atoms with E-state index >= 15 is 0 Å². The van der Waals surface area contributed by atoms with Crippen LogP contribution in [0.3, 0.4) is 0 Å². The molecule has 0 spiro atoms. The lowest BCUT2D eigenvalue weighted by Gasteiger charge is -2.14. The molecule has 0 aliphatic heterocycles. The van der Waals surface area contributed by atoms with Crippen LogP contribution in [0.1, 0.15) is 38.0 Å². The number of esters is 1. The molecular weight excluding hydrogens is 332 g/mol. The third-order valence-corrected chi connectivity index (χ3v) is 3.36. The topological polar surface area (TPSA) is 160 Å². The van der Waals surface area contributed by atoms with E-state index in [4.69, 9.17) is 10.5 Å². The lowest BCUT2D eigenvalue weighted by Crippen LogP contribution is -2.24. The van der Waals surface area contributed by atoms with Crippen molar-refractivity contribution in [2.75, 3.05) is 12.3 Å². The maximum Gasteiger partial charge on any atom is 0.342 e. The van der Waals surface area contributed by atoms with Crippen molar-refractivity contribution >= 4 is 23.7 Å². The Morgan fingerprint density at radius 2 is 1.72 bits per heavy atom. The Morgan fingerprint density at radius 3 is 2.28 bits per heavy atom. The van der Waals surface area contributed by atoms with Crippen LogP contribution in [-0.4, -0.2) is 39.7 Å². The van der Waals surface area contributed by atoms with Crippen LogP contribution in [0, 0.1) is 0 Å². The summed E-state index contributed by atoms with van der Waals surface area (Å²) < 4.78 is 4.90. The number of carboxylic acids is 2. The van der Waals surface area contributed by atoms with Gasteiger partial charge in [-0.05, 0) is 18.6 Å². The van der Waals surface area contributed by atoms with Gasteiger partial charge < -0.3 is 25.7 Å². The first-order valence-corrected chi connectivity index (χ1v) is 7.08. The molecular formula is C16H14N2O7. The standard InChI is InChI=1S/C16H14N2O7/c1-2-25-16(24)8-6-4-3-5-7(8)9-10(14(20)21)12(17)18-13(19)11(9)15(22)23/h3-6H,2H2,1H3,(H,20,21)(H,22,23)(H3,17,18,19). The van der Waals surface area contributed by atoms with E-state index in [0.29, 0.717) is 0 Å². The number of pyridine rings is 1. The van der Waals surface area contributed by atoms with Crippen LogP contribution in [0.15, 0.2) is 29.1 Å². The van der Waals surface area contributed by atoms with E-state index in [1.54, 1.807) is 6.92 Å². The van der Waals surface area contributed by atoms with Crippen molar-refractivity contribution in [3.63, 3.8) is 0 Å². The molecule has 5 N–H and O–H groups in total. The number of H-pyrrole nitrogens is 1. The van der Waals surface area contributed by atoms with Crippen LogP contribution in [-0.2, 0) is 4.74 Å². The van der Waals surface area contributed by atoms with E-state index in [9.17, 15) is 29.4 Å². The molecule has 0 saturated carbocycles. The Bertz CT molecular complexity index is 931. The molecule has 0 amide bonds. The Labute approximate surface area is 140 Å². The highest BCUT2D eigenvalue weighted by Gasteiger charge is 2.29. The zero-order valence-corrected chi connectivity index (χ0v) is 13.0. The summed E-state index contributed by atoms with van der Waals surface area (Å²) in [5, 5.41) is 18.8. The number of aromatic amines is 1. The summed E-state index contributed by atoms with van der Waals surface area (Å²) >= 11 is 0. The van der Waals surface area contributed by atoms with Gasteiger partial charge in [0.1, 0.15) is 16.9 Å². The molecule has 0 atom stereocenters. The lowest BCUT2D eigenvalue weighted by molar-refractivity contribution is 0.0525. The molecule has 130 valence electrons. The van der Waals surface area contributed by atoms with Crippen LogP contribution < -0.4 is 11.3 Å². The van der Waals surface area contributed by atoms with Gasteiger partial charge in [0.05, 0.1) is 12.2 Å². The Morgan fingerprint density at radius 1 is 1.12 bits per heavy atom. The molecule has 2 aromatic rings. The number of nitrogen functional groups attached to an aromatic ring is 1. The number of ether oxygens (including phenoxy) is 1. The summed E-state index contributed by atoms with van der Waals surface area (Å²) in [5.74, 6) is -4.51. The first-order valence-electron chi connectivity index (χ1n) is 7.08. The monoisotopic (exact) mass is 346 g/mol. The van der Waals surface area contributed by atoms with Crippen molar-refractivity contribution in [3.8, 4) is 11.1 Å². The zero-order valence-electron chi connectivity index (χ0n) is 13.0. The Kier molecular flexibility index (Phi) is 4.87. The molecule has 0 aliphatic carbocycles. The minimum atomic E-state index is -1.66. The van der Waals surface area contributed by atoms with Gasteiger partial charge in [-0.15, -0.1) is 0 Å². The van der Waals surface area contributed by atoms with E-state index in [0.717, 1.165) is 0 Å². The van der Waals surface area contributed by atoms with Crippen LogP contribution in [0.4, 0.5) is 5.82 Å². The molecule has 1 heterocycles. The quantitative estimate of drug-likeness (QED) is 0.587. The second-order valence-electron chi connectivity index (χ2n) is 4.87. The number of carbonyl (C=O) groups excluding carboxylic acids is 1. The van der Waals surface area contributed by atoms with Crippen molar-refractivity contribution < 1.29 is 29.3 Å². The molecule has 2 rings (SSSR count). The molecule has 0 saturated heterocycles. The zero-order chi connectivity index (χ0) is 18.7. The number of carbonyl (C=O) groups is 3. The highest BCUT2D eigenvalue weighted by Crippen LogP contribution is 2.32. The van der Waals surface area contributed by atoms with Crippen LogP contribution in [0.5, 0.6) is 0 Å². The van der Waals surface area contributed by atoms with Gasteiger partial charge >= 0.3 is 17.9 Å². The highest BCUT2D eigenvalue weighted by molar-refractivity contribution is 6.10. The minimum Gasteiger partial charge on any atom is -0.478 e. The normalized spacial score (nSPS) is 10.3. The number of benzene rings is 1. The fourth-order valence-electron chi connectivity index (χ4n) is 2.40. The van der Waals surface area contributed by atoms with Gasteiger partial charge in [0.25, 0.3) is 5.56 Å². The number of nitrogens with two attached hydrogens (primary N) is 1. The summed E-state index contributed by atoms with van der Waals surface area (Å²) in [4.78, 5) is 49.3. The number of carboxylic acid groups (broad SMARTS) is 2. The van der Waals surface area contributed by atoms with E-state index < -0.39 is 46.0 Å². The molecule has 0 bridgehead atoms. The fraction of sp³-hybridized carbons (Fsp3) is 0.125. The summed E-state index contributed by atoms with van der Waals surface area (Å²) in [6.45, 7) is 1.64. The maximum atomic E-state index is 12.1. The van der Waals surface area contributed by atoms with E-state index in [1.807, 2.05) is 4.98 Å². The first kappa shape index (κ1) is 17.7. The van der Waals surface area contributed by atoms with Crippen molar-refractivity contribution in [1.29, 1.82) is 0 Å². The molecule has 0 unspecified atom stereocenters. The lowest BCUT2D eigenvalue weighted by atomic mass is 9.92. The third kappa shape index (κ3) is 3.20. The summed E-state index contributed by atoms with van der Waals surface area (Å²) in [6, 6.07) is 5.61. The van der Waals surface area contributed by atoms with Crippen molar-refractivity contribution in [2.24, 2.45) is 0 Å². The molecule has 0 fully saturated rings.